The van der Waals surface area contributed by atoms with Crippen LogP contribution in [0.3, 0.4) is 0 Å². The van der Waals surface area contributed by atoms with E-state index in [0.29, 0.717) is 12.0 Å². The van der Waals surface area contributed by atoms with Gasteiger partial charge in [-0.1, -0.05) is 48.9 Å². The van der Waals surface area contributed by atoms with Crippen molar-refractivity contribution in [2.75, 3.05) is 31.5 Å². The molecule has 1 saturated heterocycles. The van der Waals surface area contributed by atoms with Crippen molar-refractivity contribution in [1.29, 1.82) is 0 Å². The number of hydrogen-bond acceptors (Lipinski definition) is 5. The molecule has 2 aromatic carbocycles. The van der Waals surface area contributed by atoms with Crippen LogP contribution in [-0.2, 0) is 13.0 Å². The van der Waals surface area contributed by atoms with Crippen LogP contribution < -0.4 is 10.6 Å². The van der Waals surface area contributed by atoms with Gasteiger partial charge in [-0.3, -0.25) is 4.90 Å². The van der Waals surface area contributed by atoms with E-state index in [4.69, 9.17) is 16.6 Å². The van der Waals surface area contributed by atoms with E-state index in [2.05, 4.69) is 57.8 Å². The van der Waals surface area contributed by atoms with Gasteiger partial charge in [0.15, 0.2) is 0 Å². The summed E-state index contributed by atoms with van der Waals surface area (Å²) < 4.78 is 0. The van der Waals surface area contributed by atoms with Crippen LogP contribution in [0.15, 0.2) is 60.8 Å². The van der Waals surface area contributed by atoms with Gasteiger partial charge in [-0.15, -0.1) is 0 Å². The Morgan fingerprint density at radius 1 is 1.06 bits per heavy atom. The summed E-state index contributed by atoms with van der Waals surface area (Å²) in [5, 5.41) is 7.58. The maximum atomic E-state index is 6.08. The molecular weight excluding hydrogens is 418 g/mol. The van der Waals surface area contributed by atoms with Gasteiger partial charge in [0.1, 0.15) is 0 Å². The van der Waals surface area contributed by atoms with Gasteiger partial charge in [-0.25, -0.2) is 9.97 Å². The number of anilines is 1. The largest absolute Gasteiger partial charge is 0.354 e. The first-order valence-electron chi connectivity index (χ1n) is 11.6. The second-order valence-electron chi connectivity index (χ2n) is 8.32. The van der Waals surface area contributed by atoms with Crippen LogP contribution in [0.4, 0.5) is 5.95 Å². The summed E-state index contributed by atoms with van der Waals surface area (Å²) in [6.45, 7) is 7.31. The lowest BCUT2D eigenvalue weighted by molar-refractivity contribution is 0.162. The van der Waals surface area contributed by atoms with Gasteiger partial charge in [0.25, 0.3) is 0 Å². The minimum absolute atomic E-state index is 0.653. The van der Waals surface area contributed by atoms with E-state index in [1.165, 1.54) is 24.0 Å². The van der Waals surface area contributed by atoms with Crippen LogP contribution in [0, 0.1) is 0 Å². The number of benzene rings is 2. The average molecular weight is 450 g/mol. The fourth-order valence-corrected chi connectivity index (χ4v) is 4.56. The summed E-state index contributed by atoms with van der Waals surface area (Å²) in [4.78, 5) is 11.7. The van der Waals surface area contributed by atoms with E-state index in [9.17, 15) is 0 Å². The van der Waals surface area contributed by atoms with E-state index < -0.39 is 0 Å². The minimum atomic E-state index is 0.653. The van der Waals surface area contributed by atoms with Crippen LogP contribution in [0.1, 0.15) is 30.9 Å². The predicted octanol–water partition coefficient (Wildman–Crippen LogP) is 5.03. The number of nitrogens with one attached hydrogen (secondary N) is 2. The van der Waals surface area contributed by atoms with Crippen molar-refractivity contribution in [1.82, 2.24) is 20.2 Å². The second-order valence-corrected chi connectivity index (χ2v) is 8.75. The Kier molecular flexibility index (Phi) is 8.10. The molecule has 168 valence electrons. The Bertz CT molecular complexity index is 1000. The maximum absolute atomic E-state index is 6.08. The highest BCUT2D eigenvalue weighted by Gasteiger charge is 2.19. The fraction of sp³-hybridized carbons (Fsp3) is 0.385. The number of piperidine rings is 1. The monoisotopic (exact) mass is 449 g/mol. The first-order valence-corrected chi connectivity index (χ1v) is 11.9. The lowest BCUT2D eigenvalue weighted by Gasteiger charge is -2.34. The normalized spacial score (nSPS) is 14.6. The second kappa shape index (κ2) is 11.4. The third-order valence-corrected chi connectivity index (χ3v) is 6.32. The molecule has 0 saturated carbocycles. The quantitative estimate of drug-likeness (QED) is 0.480. The lowest BCUT2D eigenvalue weighted by atomic mass is 10.0. The molecule has 5 nitrogen and oxygen atoms in total. The van der Waals surface area contributed by atoms with E-state index in [1.54, 1.807) is 0 Å². The van der Waals surface area contributed by atoms with Crippen molar-refractivity contribution >= 4 is 17.5 Å². The predicted molar refractivity (Wildman–Crippen MR) is 133 cm³/mol. The number of halogens is 1. The van der Waals surface area contributed by atoms with Gasteiger partial charge in [0.05, 0.1) is 5.69 Å². The van der Waals surface area contributed by atoms with Gasteiger partial charge >= 0.3 is 0 Å². The van der Waals surface area contributed by atoms with E-state index in [0.717, 1.165) is 55.4 Å². The van der Waals surface area contributed by atoms with Crippen LogP contribution in [0.2, 0.25) is 5.02 Å². The number of hydrogen-bond donors (Lipinski definition) is 2. The molecule has 0 aliphatic carbocycles. The number of rotatable bonds is 9. The molecule has 0 amide bonds. The molecule has 0 atom stereocenters. The van der Waals surface area contributed by atoms with Crippen molar-refractivity contribution in [3.8, 4) is 11.3 Å². The Hall–Kier alpha value is -2.47. The molecule has 2 heterocycles. The summed E-state index contributed by atoms with van der Waals surface area (Å²) in [6, 6.07) is 19.3. The Balaban J connectivity index is 1.40. The molecule has 3 aromatic rings. The van der Waals surface area contributed by atoms with Gasteiger partial charge in [0.2, 0.25) is 5.95 Å². The third kappa shape index (κ3) is 6.28. The molecule has 4 rings (SSSR count). The van der Waals surface area contributed by atoms with Crippen molar-refractivity contribution in [3.63, 3.8) is 0 Å². The van der Waals surface area contributed by atoms with E-state index in [1.807, 2.05) is 30.5 Å². The van der Waals surface area contributed by atoms with Crippen molar-refractivity contribution in [2.24, 2.45) is 0 Å². The molecule has 1 fully saturated rings. The standard InChI is InChI=1S/C26H32ClN5/c1-2-32(24-10-13-28-14-11-24)19-21-6-3-7-22(17-21)25-12-16-30-26(31-25)29-15-9-20-5-4-8-23(27)18-20/h3-8,12,16-18,24,28H,2,9-11,13-15,19H2,1H3,(H,29,30,31). The van der Waals surface area contributed by atoms with Gasteiger partial charge in [0, 0.05) is 35.9 Å². The van der Waals surface area contributed by atoms with Gasteiger partial charge < -0.3 is 10.6 Å². The molecule has 0 bridgehead atoms. The Morgan fingerprint density at radius 3 is 2.69 bits per heavy atom. The van der Waals surface area contributed by atoms with Crippen molar-refractivity contribution in [3.05, 3.63) is 76.9 Å². The van der Waals surface area contributed by atoms with Crippen molar-refractivity contribution < 1.29 is 0 Å². The highest BCUT2D eigenvalue weighted by molar-refractivity contribution is 6.30. The lowest BCUT2D eigenvalue weighted by Crippen LogP contribution is -2.42. The zero-order chi connectivity index (χ0) is 22.2. The van der Waals surface area contributed by atoms with Crippen LogP contribution in [-0.4, -0.2) is 47.1 Å². The zero-order valence-corrected chi connectivity index (χ0v) is 19.5. The van der Waals surface area contributed by atoms with Gasteiger partial charge in [-0.2, -0.15) is 0 Å². The zero-order valence-electron chi connectivity index (χ0n) is 18.7. The molecule has 6 heteroatoms. The summed E-state index contributed by atoms with van der Waals surface area (Å²) in [5.74, 6) is 0.653. The average Bonchev–Trinajstić information content (AvgIpc) is 2.83. The van der Waals surface area contributed by atoms with Crippen molar-refractivity contribution in [2.45, 2.75) is 38.8 Å². The molecule has 2 N–H and O–H groups in total. The van der Waals surface area contributed by atoms with E-state index in [-0.39, 0.29) is 0 Å². The van der Waals surface area contributed by atoms with Crippen LogP contribution >= 0.6 is 11.6 Å². The Morgan fingerprint density at radius 2 is 1.88 bits per heavy atom. The highest BCUT2D eigenvalue weighted by atomic mass is 35.5. The minimum Gasteiger partial charge on any atom is -0.354 e. The number of nitrogens with zero attached hydrogens (tertiary/aromatic N) is 3. The smallest absolute Gasteiger partial charge is 0.223 e. The third-order valence-electron chi connectivity index (χ3n) is 6.08. The fourth-order valence-electron chi connectivity index (χ4n) is 4.35. The van der Waals surface area contributed by atoms with Crippen LogP contribution in [0.5, 0.6) is 0 Å². The molecule has 32 heavy (non-hydrogen) atoms. The molecule has 1 aromatic heterocycles. The number of aromatic nitrogens is 2. The van der Waals surface area contributed by atoms with Gasteiger partial charge in [-0.05, 0) is 74.3 Å². The summed E-state index contributed by atoms with van der Waals surface area (Å²) in [7, 11) is 0. The van der Waals surface area contributed by atoms with Crippen LogP contribution in [0.25, 0.3) is 11.3 Å². The van der Waals surface area contributed by atoms with E-state index >= 15 is 0 Å². The summed E-state index contributed by atoms with van der Waals surface area (Å²) >= 11 is 6.08. The highest BCUT2D eigenvalue weighted by Crippen LogP contribution is 2.22. The molecule has 0 radical (unpaired) electrons. The SMILES string of the molecule is CCN(Cc1cccc(-c2ccnc(NCCc3cccc(Cl)c3)n2)c1)C1CCNCC1. The molecule has 0 spiro atoms. The molecule has 1 aliphatic heterocycles. The molecular formula is C26H32ClN5. The molecule has 0 unspecified atom stereocenters. The summed E-state index contributed by atoms with van der Waals surface area (Å²) in [5.41, 5.74) is 4.60. The molecule has 1 aliphatic rings. The first-order chi connectivity index (χ1) is 15.7. The Labute approximate surface area is 196 Å². The maximum Gasteiger partial charge on any atom is 0.223 e. The first kappa shape index (κ1) is 22.7. The topological polar surface area (TPSA) is 53.1 Å². The summed E-state index contributed by atoms with van der Waals surface area (Å²) in [6.07, 6.45) is 5.14.